The largest absolute Gasteiger partial charge is 0.380 e. The maximum Gasteiger partial charge on any atom is 0.233 e. The first-order valence-corrected chi connectivity index (χ1v) is 11.3. The van der Waals surface area contributed by atoms with Crippen molar-refractivity contribution in [2.75, 3.05) is 36.1 Å². The van der Waals surface area contributed by atoms with E-state index in [-0.39, 0.29) is 0 Å². The van der Waals surface area contributed by atoms with E-state index in [0.717, 1.165) is 37.2 Å². The number of hydrogen-bond acceptors (Lipinski definition) is 7. The normalized spacial score (nSPS) is 10.8. The summed E-state index contributed by atoms with van der Waals surface area (Å²) in [5.41, 5.74) is 2.06. The molecule has 2 rings (SSSR count). The third-order valence-corrected chi connectivity index (χ3v) is 4.78. The molecule has 166 valence electrons. The molecule has 0 saturated carbocycles. The Hall–Kier alpha value is -2.41. The molecule has 30 heavy (non-hydrogen) atoms. The summed E-state index contributed by atoms with van der Waals surface area (Å²) in [6.45, 7) is 6.77. The Morgan fingerprint density at radius 1 is 0.700 bits per heavy atom. The second-order valence-corrected chi connectivity index (χ2v) is 7.54. The lowest BCUT2D eigenvalue weighted by Gasteiger charge is -2.12. The number of benzene rings is 1. The molecule has 0 amide bonds. The molecule has 0 aliphatic rings. The molecule has 0 unspecified atom stereocenters. The molecule has 7 nitrogen and oxygen atoms in total. The van der Waals surface area contributed by atoms with Crippen molar-refractivity contribution in [2.24, 2.45) is 0 Å². The summed E-state index contributed by atoms with van der Waals surface area (Å²) in [6.07, 6.45) is 9.65. The SMILES string of the molecule is CCCCCCNc1nc(NCCCCCC)nc(Nc2ccc(COC)cc2)n1. The van der Waals surface area contributed by atoms with Gasteiger partial charge in [-0.25, -0.2) is 0 Å². The van der Waals surface area contributed by atoms with Crippen molar-refractivity contribution in [3.8, 4) is 0 Å². The van der Waals surface area contributed by atoms with E-state index in [4.69, 9.17) is 4.74 Å². The molecule has 0 fully saturated rings. The average molecular weight is 415 g/mol. The van der Waals surface area contributed by atoms with E-state index in [2.05, 4.69) is 44.7 Å². The van der Waals surface area contributed by atoms with Gasteiger partial charge in [0.25, 0.3) is 0 Å². The number of hydrogen-bond donors (Lipinski definition) is 3. The zero-order valence-electron chi connectivity index (χ0n) is 18.8. The van der Waals surface area contributed by atoms with Crippen molar-refractivity contribution in [2.45, 2.75) is 71.8 Å². The van der Waals surface area contributed by atoms with Crippen LogP contribution in [0.3, 0.4) is 0 Å². The number of methoxy groups -OCH3 is 1. The summed E-state index contributed by atoms with van der Waals surface area (Å²) >= 11 is 0. The van der Waals surface area contributed by atoms with E-state index in [0.29, 0.717) is 24.5 Å². The van der Waals surface area contributed by atoms with Gasteiger partial charge in [-0.05, 0) is 30.5 Å². The van der Waals surface area contributed by atoms with Crippen molar-refractivity contribution < 1.29 is 4.74 Å². The highest BCUT2D eigenvalue weighted by molar-refractivity contribution is 5.56. The van der Waals surface area contributed by atoms with Gasteiger partial charge in [-0.15, -0.1) is 0 Å². The van der Waals surface area contributed by atoms with Crippen molar-refractivity contribution in [1.82, 2.24) is 15.0 Å². The molecule has 0 aliphatic carbocycles. The Morgan fingerprint density at radius 3 is 1.73 bits per heavy atom. The molecule has 2 aromatic rings. The van der Waals surface area contributed by atoms with Crippen LogP contribution in [0.15, 0.2) is 24.3 Å². The maximum absolute atomic E-state index is 5.17. The summed E-state index contributed by atoms with van der Waals surface area (Å²) in [5, 5.41) is 9.99. The van der Waals surface area contributed by atoms with Crippen LogP contribution in [0.4, 0.5) is 23.5 Å². The molecule has 0 saturated heterocycles. The highest BCUT2D eigenvalue weighted by atomic mass is 16.5. The van der Waals surface area contributed by atoms with E-state index in [1.807, 2.05) is 24.3 Å². The van der Waals surface area contributed by atoms with Crippen molar-refractivity contribution in [3.05, 3.63) is 29.8 Å². The second kappa shape index (κ2) is 14.6. The van der Waals surface area contributed by atoms with Gasteiger partial charge in [0.15, 0.2) is 0 Å². The van der Waals surface area contributed by atoms with Gasteiger partial charge in [-0.2, -0.15) is 15.0 Å². The highest BCUT2D eigenvalue weighted by Gasteiger charge is 2.07. The van der Waals surface area contributed by atoms with Gasteiger partial charge in [0.1, 0.15) is 0 Å². The van der Waals surface area contributed by atoms with Crippen molar-refractivity contribution in [3.63, 3.8) is 0 Å². The quantitative estimate of drug-likeness (QED) is 0.302. The van der Waals surface area contributed by atoms with Crippen LogP contribution in [0.5, 0.6) is 0 Å². The summed E-state index contributed by atoms with van der Waals surface area (Å²) < 4.78 is 5.17. The average Bonchev–Trinajstić information content (AvgIpc) is 2.75. The Bertz CT molecular complexity index is 675. The molecule has 0 bridgehead atoms. The predicted molar refractivity (Wildman–Crippen MR) is 126 cm³/mol. The molecule has 0 radical (unpaired) electrons. The fourth-order valence-corrected chi connectivity index (χ4v) is 3.07. The van der Waals surface area contributed by atoms with Gasteiger partial charge in [0, 0.05) is 25.9 Å². The van der Waals surface area contributed by atoms with Crippen LogP contribution >= 0.6 is 0 Å². The molecular formula is C23H38N6O. The van der Waals surface area contributed by atoms with Crippen LogP contribution in [-0.4, -0.2) is 35.2 Å². The Morgan fingerprint density at radius 2 is 1.23 bits per heavy atom. The zero-order valence-corrected chi connectivity index (χ0v) is 18.8. The zero-order chi connectivity index (χ0) is 21.4. The van der Waals surface area contributed by atoms with Crippen molar-refractivity contribution >= 4 is 23.5 Å². The smallest absolute Gasteiger partial charge is 0.233 e. The monoisotopic (exact) mass is 414 g/mol. The van der Waals surface area contributed by atoms with Crippen molar-refractivity contribution in [1.29, 1.82) is 0 Å². The molecular weight excluding hydrogens is 376 g/mol. The molecule has 0 spiro atoms. The van der Waals surface area contributed by atoms with Crippen LogP contribution < -0.4 is 16.0 Å². The van der Waals surface area contributed by atoms with Crippen LogP contribution in [0.1, 0.15) is 70.8 Å². The third kappa shape index (κ3) is 9.39. The molecule has 1 aromatic carbocycles. The maximum atomic E-state index is 5.17. The van der Waals surface area contributed by atoms with Crippen LogP contribution in [-0.2, 0) is 11.3 Å². The van der Waals surface area contributed by atoms with Gasteiger partial charge in [0.2, 0.25) is 17.8 Å². The number of ether oxygens (including phenoxy) is 1. The number of aromatic nitrogens is 3. The van der Waals surface area contributed by atoms with Crippen LogP contribution in [0.2, 0.25) is 0 Å². The standard InChI is InChI=1S/C23H38N6O/c1-4-6-8-10-16-24-21-27-22(25-17-11-9-7-5-2)29-23(28-21)26-20-14-12-19(13-15-20)18-30-3/h12-15H,4-11,16-18H2,1-3H3,(H3,24,25,26,27,28,29). The lowest BCUT2D eigenvalue weighted by Crippen LogP contribution is -2.12. The van der Waals surface area contributed by atoms with Gasteiger partial charge in [-0.1, -0.05) is 64.5 Å². The Labute approximate surface area is 181 Å². The summed E-state index contributed by atoms with van der Waals surface area (Å²) in [4.78, 5) is 13.7. The minimum absolute atomic E-state index is 0.539. The van der Waals surface area contributed by atoms with E-state index in [1.165, 1.54) is 38.5 Å². The van der Waals surface area contributed by atoms with E-state index in [9.17, 15) is 0 Å². The number of nitrogens with one attached hydrogen (secondary N) is 3. The summed E-state index contributed by atoms with van der Waals surface area (Å²) in [7, 11) is 1.70. The van der Waals surface area contributed by atoms with Gasteiger partial charge < -0.3 is 20.7 Å². The van der Waals surface area contributed by atoms with Gasteiger partial charge in [0.05, 0.1) is 6.61 Å². The first-order valence-electron chi connectivity index (χ1n) is 11.3. The first kappa shape index (κ1) is 23.9. The lowest BCUT2D eigenvalue weighted by atomic mass is 10.2. The fourth-order valence-electron chi connectivity index (χ4n) is 3.07. The van der Waals surface area contributed by atoms with Crippen LogP contribution in [0.25, 0.3) is 0 Å². The molecule has 0 atom stereocenters. The number of unbranched alkanes of at least 4 members (excludes halogenated alkanes) is 6. The topological polar surface area (TPSA) is 84.0 Å². The second-order valence-electron chi connectivity index (χ2n) is 7.54. The molecule has 1 aromatic heterocycles. The number of anilines is 4. The predicted octanol–water partition coefficient (Wildman–Crippen LogP) is 5.75. The summed E-state index contributed by atoms with van der Waals surface area (Å²) in [5.74, 6) is 1.75. The summed E-state index contributed by atoms with van der Waals surface area (Å²) in [6, 6.07) is 8.08. The van der Waals surface area contributed by atoms with E-state index < -0.39 is 0 Å². The number of nitrogens with zero attached hydrogens (tertiary/aromatic N) is 3. The molecule has 7 heteroatoms. The highest BCUT2D eigenvalue weighted by Crippen LogP contribution is 2.17. The minimum atomic E-state index is 0.539. The molecule has 1 heterocycles. The lowest BCUT2D eigenvalue weighted by molar-refractivity contribution is 0.185. The molecule has 0 aliphatic heterocycles. The Kier molecular flexibility index (Phi) is 11.6. The van der Waals surface area contributed by atoms with Gasteiger partial charge in [-0.3, -0.25) is 0 Å². The number of rotatable bonds is 16. The first-order chi connectivity index (χ1) is 14.7. The molecule has 3 N–H and O–H groups in total. The van der Waals surface area contributed by atoms with E-state index >= 15 is 0 Å². The van der Waals surface area contributed by atoms with E-state index in [1.54, 1.807) is 7.11 Å². The Balaban J connectivity index is 2.01. The minimum Gasteiger partial charge on any atom is -0.380 e. The third-order valence-electron chi connectivity index (χ3n) is 4.78. The van der Waals surface area contributed by atoms with Gasteiger partial charge >= 0.3 is 0 Å². The fraction of sp³-hybridized carbons (Fsp3) is 0.609. The van der Waals surface area contributed by atoms with Crippen LogP contribution in [0, 0.1) is 0 Å².